The van der Waals surface area contributed by atoms with Gasteiger partial charge in [-0.25, -0.2) is 4.79 Å². The number of carbonyl (C=O) groups is 2. The minimum absolute atomic E-state index is 0. The van der Waals surface area contributed by atoms with Gasteiger partial charge in [0.25, 0.3) is 0 Å². The number of aliphatic hydroxyl groups excluding tert-OH is 4. The van der Waals surface area contributed by atoms with Crippen LogP contribution < -0.4 is 0 Å². The SMILES string of the molecule is O=C[C@H](O)[C@@H](O)[C@H](O)[C@H](O)C(=O)O.[NaH]. The predicted octanol–water partition coefficient (Wildman–Crippen LogP) is -3.94. The molecule has 78 valence electrons. The first-order valence-corrected chi connectivity index (χ1v) is 3.32. The van der Waals surface area contributed by atoms with E-state index >= 15 is 0 Å². The fourth-order valence-electron chi connectivity index (χ4n) is 0.615. The molecule has 0 aliphatic heterocycles. The average Bonchev–Trinajstić information content (AvgIpc) is 2.12. The molecule has 7 nitrogen and oxygen atoms in total. The summed E-state index contributed by atoms with van der Waals surface area (Å²) in [6.45, 7) is 0. The van der Waals surface area contributed by atoms with Crippen LogP contribution in [0.1, 0.15) is 0 Å². The van der Waals surface area contributed by atoms with Crippen LogP contribution in [-0.2, 0) is 9.59 Å². The first-order chi connectivity index (χ1) is 5.91. The fraction of sp³-hybridized carbons (Fsp3) is 0.667. The summed E-state index contributed by atoms with van der Waals surface area (Å²) in [5.74, 6) is -1.76. The molecule has 0 heterocycles. The molecule has 8 heteroatoms. The van der Waals surface area contributed by atoms with Gasteiger partial charge in [0.05, 0.1) is 0 Å². The third-order valence-electron chi connectivity index (χ3n) is 1.42. The molecule has 0 aromatic heterocycles. The van der Waals surface area contributed by atoms with Crippen LogP contribution in [0.4, 0.5) is 0 Å². The number of aldehydes is 1. The molecular weight excluding hydrogens is 207 g/mol. The van der Waals surface area contributed by atoms with E-state index in [0.29, 0.717) is 0 Å². The number of carboxylic acid groups (broad SMARTS) is 1. The summed E-state index contributed by atoms with van der Waals surface area (Å²) in [4.78, 5) is 20.0. The van der Waals surface area contributed by atoms with Gasteiger partial charge >= 0.3 is 35.5 Å². The van der Waals surface area contributed by atoms with Crippen molar-refractivity contribution in [2.75, 3.05) is 0 Å². The quantitative estimate of drug-likeness (QED) is 0.235. The molecular formula is C6H11NaO7. The van der Waals surface area contributed by atoms with Gasteiger partial charge in [-0.1, -0.05) is 0 Å². The Morgan fingerprint density at radius 1 is 1.07 bits per heavy atom. The Kier molecular flexibility index (Phi) is 8.55. The van der Waals surface area contributed by atoms with Gasteiger partial charge in [-0.3, -0.25) is 0 Å². The van der Waals surface area contributed by atoms with Crippen molar-refractivity contribution in [1.29, 1.82) is 0 Å². The van der Waals surface area contributed by atoms with Gasteiger partial charge < -0.3 is 30.3 Å². The van der Waals surface area contributed by atoms with Crippen molar-refractivity contribution < 1.29 is 35.1 Å². The molecule has 0 unspecified atom stereocenters. The van der Waals surface area contributed by atoms with Crippen LogP contribution >= 0.6 is 0 Å². The predicted molar refractivity (Wildman–Crippen MR) is 44.9 cm³/mol. The molecule has 0 aliphatic carbocycles. The topological polar surface area (TPSA) is 135 Å². The van der Waals surface area contributed by atoms with E-state index in [2.05, 4.69) is 0 Å². The van der Waals surface area contributed by atoms with E-state index in [1.165, 1.54) is 0 Å². The molecule has 0 saturated heterocycles. The van der Waals surface area contributed by atoms with Crippen LogP contribution in [0.3, 0.4) is 0 Å². The number of aliphatic hydroxyl groups is 4. The van der Waals surface area contributed by atoms with Crippen LogP contribution in [0.5, 0.6) is 0 Å². The Balaban J connectivity index is 0. The Morgan fingerprint density at radius 2 is 1.50 bits per heavy atom. The summed E-state index contributed by atoms with van der Waals surface area (Å²) in [6.07, 6.45) is -8.39. The van der Waals surface area contributed by atoms with Crippen molar-refractivity contribution in [3.05, 3.63) is 0 Å². The molecule has 0 saturated carbocycles. The van der Waals surface area contributed by atoms with E-state index < -0.39 is 30.4 Å². The zero-order valence-electron chi connectivity index (χ0n) is 6.44. The first kappa shape index (κ1) is 16.4. The van der Waals surface area contributed by atoms with Crippen LogP contribution in [0.2, 0.25) is 0 Å². The zero-order valence-corrected chi connectivity index (χ0v) is 6.44. The van der Waals surface area contributed by atoms with Crippen molar-refractivity contribution >= 4 is 41.8 Å². The molecule has 4 atom stereocenters. The third kappa shape index (κ3) is 4.47. The molecule has 0 bridgehead atoms. The molecule has 0 aromatic rings. The molecule has 0 spiro atoms. The van der Waals surface area contributed by atoms with Crippen molar-refractivity contribution in [3.63, 3.8) is 0 Å². The second-order valence-electron chi connectivity index (χ2n) is 2.39. The normalized spacial score (nSPS) is 18.6. The van der Waals surface area contributed by atoms with E-state index in [4.69, 9.17) is 25.5 Å². The Bertz CT molecular complexity index is 197. The zero-order chi connectivity index (χ0) is 10.6. The number of carboxylic acids is 1. The number of aliphatic carboxylic acids is 1. The van der Waals surface area contributed by atoms with Crippen molar-refractivity contribution in [2.45, 2.75) is 24.4 Å². The van der Waals surface area contributed by atoms with Gasteiger partial charge in [0, 0.05) is 0 Å². The van der Waals surface area contributed by atoms with Crippen molar-refractivity contribution in [1.82, 2.24) is 0 Å². The van der Waals surface area contributed by atoms with Gasteiger partial charge in [0.15, 0.2) is 12.4 Å². The van der Waals surface area contributed by atoms with E-state index in [1.807, 2.05) is 0 Å². The minimum atomic E-state index is -2.25. The second kappa shape index (κ2) is 7.30. The second-order valence-corrected chi connectivity index (χ2v) is 2.39. The summed E-state index contributed by atoms with van der Waals surface area (Å²) in [5, 5.41) is 43.2. The standard InChI is InChI=1S/C6H10O7.Na.H/c7-1-2(8)3(9)4(10)5(11)6(12)13;;/h1-5,8-11H,(H,12,13);;/t2-,3+,4-,5-;;/m0../s1. The van der Waals surface area contributed by atoms with Crippen LogP contribution in [-0.4, -0.2) is 91.8 Å². The van der Waals surface area contributed by atoms with E-state index in [1.54, 1.807) is 0 Å². The fourth-order valence-corrected chi connectivity index (χ4v) is 0.615. The average molecular weight is 218 g/mol. The van der Waals surface area contributed by atoms with Crippen molar-refractivity contribution in [3.8, 4) is 0 Å². The van der Waals surface area contributed by atoms with E-state index in [0.717, 1.165) is 0 Å². The number of hydrogen-bond donors (Lipinski definition) is 5. The van der Waals surface area contributed by atoms with Crippen LogP contribution in [0.15, 0.2) is 0 Å². The van der Waals surface area contributed by atoms with E-state index in [-0.39, 0.29) is 35.8 Å². The monoisotopic (exact) mass is 218 g/mol. The summed E-state index contributed by atoms with van der Waals surface area (Å²) in [7, 11) is 0. The van der Waals surface area contributed by atoms with Gasteiger partial charge in [-0.05, 0) is 0 Å². The molecule has 0 radical (unpaired) electrons. The maximum atomic E-state index is 10.1. The maximum absolute atomic E-state index is 10.1. The molecule has 0 amide bonds. The first-order valence-electron chi connectivity index (χ1n) is 3.32. The Morgan fingerprint density at radius 3 is 1.79 bits per heavy atom. The number of carbonyl (C=O) groups excluding carboxylic acids is 1. The Labute approximate surface area is 101 Å². The summed E-state index contributed by atoms with van der Waals surface area (Å²) in [6, 6.07) is 0. The summed E-state index contributed by atoms with van der Waals surface area (Å²) >= 11 is 0. The summed E-state index contributed by atoms with van der Waals surface area (Å²) in [5.41, 5.74) is 0. The van der Waals surface area contributed by atoms with Crippen LogP contribution in [0.25, 0.3) is 0 Å². The third-order valence-corrected chi connectivity index (χ3v) is 1.42. The van der Waals surface area contributed by atoms with Gasteiger partial charge in [0.2, 0.25) is 0 Å². The Hall–Kier alpha value is -0.0200. The molecule has 5 N–H and O–H groups in total. The number of rotatable bonds is 5. The van der Waals surface area contributed by atoms with Gasteiger partial charge in [-0.15, -0.1) is 0 Å². The molecule has 14 heavy (non-hydrogen) atoms. The van der Waals surface area contributed by atoms with Gasteiger partial charge in [0.1, 0.15) is 18.3 Å². The van der Waals surface area contributed by atoms with Crippen LogP contribution in [0, 0.1) is 0 Å². The molecule has 0 aliphatic rings. The number of hydrogen-bond acceptors (Lipinski definition) is 6. The molecule has 0 fully saturated rings. The van der Waals surface area contributed by atoms with Gasteiger partial charge in [-0.2, -0.15) is 0 Å². The summed E-state index contributed by atoms with van der Waals surface area (Å²) < 4.78 is 0. The van der Waals surface area contributed by atoms with Crippen molar-refractivity contribution in [2.24, 2.45) is 0 Å². The van der Waals surface area contributed by atoms with E-state index in [9.17, 15) is 9.59 Å². The molecule has 0 aromatic carbocycles. The molecule has 0 rings (SSSR count).